The van der Waals surface area contributed by atoms with Gasteiger partial charge in [0.15, 0.2) is 5.75 Å². The van der Waals surface area contributed by atoms with E-state index in [1.54, 1.807) is 19.2 Å². The van der Waals surface area contributed by atoms with Gasteiger partial charge >= 0.3 is 6.18 Å². The third-order valence-corrected chi connectivity index (χ3v) is 4.03. The number of benzene rings is 1. The number of carbonyl (C=O) groups is 1. The number of anilines is 2. The molecule has 11 heteroatoms. The number of carbonyl (C=O) groups excluding carboxylic acids is 1. The number of hydrogen-bond acceptors (Lipinski definition) is 7. The molecule has 0 bridgehead atoms. The summed E-state index contributed by atoms with van der Waals surface area (Å²) in [4.78, 5) is 10.9. The van der Waals surface area contributed by atoms with Crippen molar-refractivity contribution in [3.05, 3.63) is 23.3 Å². The zero-order chi connectivity index (χ0) is 20.4. The molecule has 144 valence electrons. The van der Waals surface area contributed by atoms with Crippen LogP contribution in [0, 0.1) is 11.3 Å². The Morgan fingerprint density at radius 3 is 2.63 bits per heavy atom. The van der Waals surface area contributed by atoms with Crippen molar-refractivity contribution in [1.82, 2.24) is 9.78 Å². The normalized spacial score (nSPS) is 12.3. The molecule has 1 aromatic carbocycles. The van der Waals surface area contributed by atoms with E-state index in [0.29, 0.717) is 15.9 Å². The summed E-state index contributed by atoms with van der Waals surface area (Å²) in [6.07, 6.45) is -4.62. The number of nitrogens with one attached hydrogen (secondary N) is 1. The number of hydrogen-bond donors (Lipinski definition) is 3. The van der Waals surface area contributed by atoms with E-state index in [9.17, 15) is 23.2 Å². The van der Waals surface area contributed by atoms with E-state index >= 15 is 0 Å². The van der Waals surface area contributed by atoms with E-state index in [1.807, 2.05) is 0 Å². The molecule has 0 aliphatic heterocycles. The summed E-state index contributed by atoms with van der Waals surface area (Å²) in [6, 6.07) is 2.74. The highest BCUT2D eigenvalue weighted by atomic mass is 19.4. The average Bonchev–Trinajstić information content (AvgIpc) is 2.95. The number of alkyl halides is 3. The summed E-state index contributed by atoms with van der Waals surface area (Å²) >= 11 is 0. The van der Waals surface area contributed by atoms with Crippen LogP contribution in [0.1, 0.15) is 24.1 Å². The molecular weight excluding hydrogens is 365 g/mol. The largest absolute Gasteiger partial charge is 0.426 e. The Bertz CT molecular complexity index is 901. The van der Waals surface area contributed by atoms with E-state index in [4.69, 9.17) is 16.2 Å². The summed E-state index contributed by atoms with van der Waals surface area (Å²) in [6.45, 7) is 1.14. The monoisotopic (exact) mass is 382 g/mol. The number of aromatic nitrogens is 2. The molecule has 1 atom stereocenters. The zero-order valence-corrected chi connectivity index (χ0v) is 14.5. The topological polar surface area (TPSA) is 132 Å². The number of rotatable bonds is 6. The fourth-order valence-corrected chi connectivity index (χ4v) is 2.60. The average molecular weight is 382 g/mol. The quantitative estimate of drug-likeness (QED) is 0.652. The van der Waals surface area contributed by atoms with E-state index in [2.05, 4.69) is 10.4 Å². The minimum atomic E-state index is -4.62. The van der Waals surface area contributed by atoms with Crippen LogP contribution in [-0.2, 0) is 11.3 Å². The molecule has 2 rings (SSSR count). The number of nitrogens with two attached hydrogens (primary N) is 2. The first-order chi connectivity index (χ1) is 12.7. The lowest BCUT2D eigenvalue weighted by Gasteiger charge is -2.17. The van der Waals surface area contributed by atoms with Crippen molar-refractivity contribution < 1.29 is 22.7 Å². The molecule has 1 aromatic heterocycles. The summed E-state index contributed by atoms with van der Waals surface area (Å²) in [5.41, 5.74) is 12.1. The van der Waals surface area contributed by atoms with Crippen LogP contribution in [-0.4, -0.2) is 29.5 Å². The number of nitrogens with zero attached hydrogens (tertiary/aromatic N) is 3. The Balaban J connectivity index is 2.79. The van der Waals surface area contributed by atoms with E-state index in [-0.39, 0.29) is 35.6 Å². The van der Waals surface area contributed by atoms with Crippen molar-refractivity contribution in [3.8, 4) is 23.1 Å². The second kappa shape index (κ2) is 7.55. The smallest absolute Gasteiger partial charge is 0.410 e. The Labute approximate surface area is 152 Å². The van der Waals surface area contributed by atoms with Gasteiger partial charge in [-0.05, 0) is 18.6 Å². The van der Waals surface area contributed by atoms with Gasteiger partial charge < -0.3 is 21.5 Å². The molecule has 0 saturated heterocycles. The minimum absolute atomic E-state index is 0.0174. The second-order valence-corrected chi connectivity index (χ2v) is 5.53. The first-order valence-electron chi connectivity index (χ1n) is 7.70. The van der Waals surface area contributed by atoms with Gasteiger partial charge in [-0.25, -0.2) is 4.68 Å². The molecule has 0 fully saturated rings. The molecule has 1 unspecified atom stereocenters. The van der Waals surface area contributed by atoms with Crippen molar-refractivity contribution in [2.75, 3.05) is 18.1 Å². The van der Waals surface area contributed by atoms with Crippen molar-refractivity contribution in [2.45, 2.75) is 25.7 Å². The van der Waals surface area contributed by atoms with Crippen LogP contribution >= 0.6 is 0 Å². The molecule has 0 amide bonds. The zero-order valence-electron chi connectivity index (χ0n) is 14.5. The lowest BCUT2D eigenvalue weighted by Crippen LogP contribution is -2.25. The van der Waals surface area contributed by atoms with Gasteiger partial charge in [-0.2, -0.15) is 23.5 Å². The van der Waals surface area contributed by atoms with Gasteiger partial charge in [0.05, 0.1) is 5.69 Å². The summed E-state index contributed by atoms with van der Waals surface area (Å²) < 4.78 is 44.8. The first-order valence-corrected chi connectivity index (χ1v) is 7.70. The molecule has 0 aliphatic rings. The number of nitriles is 1. The van der Waals surface area contributed by atoms with Crippen molar-refractivity contribution in [1.29, 1.82) is 5.26 Å². The highest BCUT2D eigenvalue weighted by molar-refractivity contribution is 5.84. The summed E-state index contributed by atoms with van der Waals surface area (Å²) in [5.74, 6) is -0.459. The van der Waals surface area contributed by atoms with Crippen molar-refractivity contribution >= 4 is 18.0 Å². The van der Waals surface area contributed by atoms with Gasteiger partial charge in [-0.1, -0.05) is 6.07 Å². The van der Waals surface area contributed by atoms with Crippen LogP contribution in [0.4, 0.5) is 24.7 Å². The van der Waals surface area contributed by atoms with Crippen molar-refractivity contribution in [2.24, 2.45) is 5.73 Å². The van der Waals surface area contributed by atoms with E-state index in [0.717, 1.165) is 6.92 Å². The van der Waals surface area contributed by atoms with Crippen LogP contribution < -0.4 is 21.5 Å². The van der Waals surface area contributed by atoms with Crippen molar-refractivity contribution in [3.63, 3.8) is 0 Å². The predicted octanol–water partition coefficient (Wildman–Crippen LogP) is 2.16. The Kier molecular flexibility index (Phi) is 5.61. The SMILES string of the molecule is CNc1c(CN)ccc(-c2nn(C(C)C(F)(F)F)c(N)c2C#N)c1OC=O. The number of halogens is 3. The fourth-order valence-electron chi connectivity index (χ4n) is 2.60. The maximum Gasteiger partial charge on any atom is 0.410 e. The standard InChI is InChI=1S/C16H17F3N6O2/c1-8(16(17,18)19)25-15(22)11(6-21)13(24-25)10-4-3-9(5-20)12(23-2)14(10)27-7-26/h3-4,7-8,23H,5,20,22H2,1-2H3. The molecule has 0 radical (unpaired) electrons. The highest BCUT2D eigenvalue weighted by Gasteiger charge is 2.40. The first kappa shape index (κ1) is 20.1. The Morgan fingerprint density at radius 1 is 1.48 bits per heavy atom. The molecule has 27 heavy (non-hydrogen) atoms. The highest BCUT2D eigenvalue weighted by Crippen LogP contribution is 2.42. The number of nitrogen functional groups attached to an aromatic ring is 1. The Morgan fingerprint density at radius 2 is 2.15 bits per heavy atom. The molecule has 0 spiro atoms. The van der Waals surface area contributed by atoms with E-state index < -0.39 is 18.0 Å². The van der Waals surface area contributed by atoms with Gasteiger partial charge in [0.25, 0.3) is 6.47 Å². The van der Waals surface area contributed by atoms with Gasteiger partial charge in [0.2, 0.25) is 0 Å². The molecule has 8 nitrogen and oxygen atoms in total. The molecule has 5 N–H and O–H groups in total. The van der Waals surface area contributed by atoms with Crippen LogP contribution in [0.25, 0.3) is 11.3 Å². The third kappa shape index (κ3) is 3.52. The van der Waals surface area contributed by atoms with E-state index in [1.165, 1.54) is 6.07 Å². The van der Waals surface area contributed by atoms with Crippen LogP contribution in [0.5, 0.6) is 5.75 Å². The van der Waals surface area contributed by atoms with Crippen LogP contribution in [0.15, 0.2) is 12.1 Å². The molecule has 0 aliphatic carbocycles. The van der Waals surface area contributed by atoms with Gasteiger partial charge in [0.1, 0.15) is 29.2 Å². The molecule has 1 heterocycles. The lowest BCUT2D eigenvalue weighted by molar-refractivity contribution is -0.164. The number of ether oxygens (including phenoxy) is 1. The predicted molar refractivity (Wildman–Crippen MR) is 91.7 cm³/mol. The fraction of sp³-hybridized carbons (Fsp3) is 0.312. The minimum Gasteiger partial charge on any atom is -0.426 e. The van der Waals surface area contributed by atoms with Crippen LogP contribution in [0.3, 0.4) is 0 Å². The van der Waals surface area contributed by atoms with Gasteiger partial charge in [-0.3, -0.25) is 4.79 Å². The maximum absolute atomic E-state index is 13.1. The lowest BCUT2D eigenvalue weighted by atomic mass is 10.0. The second-order valence-electron chi connectivity index (χ2n) is 5.53. The maximum atomic E-state index is 13.1. The Hall–Kier alpha value is -3.26. The molecular formula is C16H17F3N6O2. The van der Waals surface area contributed by atoms with Crippen LogP contribution in [0.2, 0.25) is 0 Å². The molecule has 0 saturated carbocycles. The third-order valence-electron chi connectivity index (χ3n) is 4.03. The summed E-state index contributed by atoms with van der Waals surface area (Å²) in [5, 5.41) is 16.1. The van der Waals surface area contributed by atoms with Gasteiger partial charge in [0, 0.05) is 19.2 Å². The summed E-state index contributed by atoms with van der Waals surface area (Å²) in [7, 11) is 1.56. The van der Waals surface area contributed by atoms with Gasteiger partial charge in [-0.15, -0.1) is 0 Å². The molecule has 2 aromatic rings.